The summed E-state index contributed by atoms with van der Waals surface area (Å²) in [5, 5.41) is 5.29. The van der Waals surface area contributed by atoms with Gasteiger partial charge in [-0.25, -0.2) is 0 Å². The Morgan fingerprint density at radius 2 is 1.94 bits per heavy atom. The average molecular weight is 261 g/mol. The maximum atomic E-state index is 5.76. The van der Waals surface area contributed by atoms with Crippen LogP contribution in [0.5, 0.6) is 0 Å². The van der Waals surface area contributed by atoms with Crippen molar-refractivity contribution in [1.29, 1.82) is 0 Å². The lowest BCUT2D eigenvalue weighted by Gasteiger charge is -2.09. The van der Waals surface area contributed by atoms with Crippen LogP contribution in [0.1, 0.15) is 16.0 Å². The van der Waals surface area contributed by atoms with Crippen molar-refractivity contribution < 1.29 is 4.74 Å². The molecule has 96 valence electrons. The second kappa shape index (κ2) is 7.31. The van der Waals surface area contributed by atoms with E-state index >= 15 is 0 Å². The van der Waals surface area contributed by atoms with Crippen molar-refractivity contribution in [3.63, 3.8) is 0 Å². The molecule has 18 heavy (non-hydrogen) atoms. The number of nitrogens with one attached hydrogen (secondary N) is 1. The van der Waals surface area contributed by atoms with Crippen molar-refractivity contribution in [2.24, 2.45) is 0 Å². The van der Waals surface area contributed by atoms with Crippen LogP contribution in [0.4, 0.5) is 0 Å². The van der Waals surface area contributed by atoms with Gasteiger partial charge in [-0.05, 0) is 29.6 Å². The molecule has 0 spiro atoms. The predicted octanol–water partition coefficient (Wildman–Crippen LogP) is 3.23. The maximum absolute atomic E-state index is 5.76. The fourth-order valence-electron chi connectivity index (χ4n) is 1.87. The fraction of sp³-hybridized carbons (Fsp3) is 0.333. The molecule has 2 nitrogen and oxygen atoms in total. The van der Waals surface area contributed by atoms with Crippen molar-refractivity contribution >= 4 is 11.3 Å². The summed E-state index contributed by atoms with van der Waals surface area (Å²) in [7, 11) is 1.97. The molecule has 0 fully saturated rings. The minimum atomic E-state index is 0.698. The van der Waals surface area contributed by atoms with Crippen molar-refractivity contribution in [3.05, 3.63) is 57.8 Å². The van der Waals surface area contributed by atoms with Gasteiger partial charge in [0, 0.05) is 17.8 Å². The van der Waals surface area contributed by atoms with E-state index in [1.54, 1.807) is 11.3 Å². The maximum Gasteiger partial charge on any atom is 0.0720 e. The molecular formula is C15H19NOS. The smallest absolute Gasteiger partial charge is 0.0720 e. The summed E-state index contributed by atoms with van der Waals surface area (Å²) in [6, 6.07) is 12.7. The molecule has 0 aliphatic carbocycles. The molecule has 1 aromatic heterocycles. The first-order valence-corrected chi connectivity index (χ1v) is 7.09. The highest BCUT2D eigenvalue weighted by atomic mass is 32.1. The van der Waals surface area contributed by atoms with Crippen LogP contribution in [0.25, 0.3) is 0 Å². The lowest BCUT2D eigenvalue weighted by Crippen LogP contribution is -2.08. The molecule has 0 aliphatic heterocycles. The molecule has 0 amide bonds. The molecule has 0 radical (unpaired) electrons. The monoisotopic (exact) mass is 261 g/mol. The summed E-state index contributed by atoms with van der Waals surface area (Å²) in [6.07, 6.45) is 1.01. The zero-order valence-electron chi connectivity index (χ0n) is 10.7. The van der Waals surface area contributed by atoms with Crippen LogP contribution in [0, 0.1) is 0 Å². The number of ether oxygens (including phenoxy) is 1. The van der Waals surface area contributed by atoms with Gasteiger partial charge in [0.25, 0.3) is 0 Å². The summed E-state index contributed by atoms with van der Waals surface area (Å²) < 4.78 is 5.76. The van der Waals surface area contributed by atoms with Gasteiger partial charge in [0.15, 0.2) is 0 Å². The predicted molar refractivity (Wildman–Crippen MR) is 76.9 cm³/mol. The topological polar surface area (TPSA) is 21.3 Å². The van der Waals surface area contributed by atoms with Gasteiger partial charge in [0.2, 0.25) is 0 Å². The van der Waals surface area contributed by atoms with Crippen LogP contribution in [0.2, 0.25) is 0 Å². The number of thiophene rings is 1. The Bertz CT molecular complexity index is 453. The van der Waals surface area contributed by atoms with Gasteiger partial charge >= 0.3 is 0 Å². The van der Waals surface area contributed by atoms with Gasteiger partial charge in [-0.15, -0.1) is 11.3 Å². The minimum Gasteiger partial charge on any atom is -0.376 e. The summed E-state index contributed by atoms with van der Waals surface area (Å²) in [5.41, 5.74) is 2.59. The Labute approximate surface area is 113 Å². The summed E-state index contributed by atoms with van der Waals surface area (Å²) in [6.45, 7) is 2.38. The Balaban J connectivity index is 1.79. The first kappa shape index (κ1) is 13.3. The number of rotatable bonds is 7. The molecule has 0 unspecified atom stereocenters. The second-order valence-corrected chi connectivity index (χ2v) is 5.21. The Kier molecular flexibility index (Phi) is 5.39. The van der Waals surface area contributed by atoms with Crippen LogP contribution in [-0.2, 0) is 24.3 Å². The van der Waals surface area contributed by atoms with E-state index in [0.29, 0.717) is 6.61 Å². The van der Waals surface area contributed by atoms with Gasteiger partial charge in [-0.3, -0.25) is 0 Å². The largest absolute Gasteiger partial charge is 0.376 e. The molecule has 0 bridgehead atoms. The van der Waals surface area contributed by atoms with E-state index < -0.39 is 0 Å². The minimum absolute atomic E-state index is 0.698. The van der Waals surface area contributed by atoms with Crippen LogP contribution in [0.15, 0.2) is 41.8 Å². The second-order valence-electron chi connectivity index (χ2n) is 4.18. The number of hydrogen-bond donors (Lipinski definition) is 1. The Morgan fingerprint density at radius 1 is 1.11 bits per heavy atom. The van der Waals surface area contributed by atoms with Crippen molar-refractivity contribution in [1.82, 2.24) is 5.32 Å². The van der Waals surface area contributed by atoms with Crippen LogP contribution >= 0.6 is 11.3 Å². The fourth-order valence-corrected chi connectivity index (χ4v) is 2.56. The molecule has 2 aromatic rings. The SMILES string of the molecule is CNCc1ccccc1COCCc1cccs1. The van der Waals surface area contributed by atoms with E-state index in [-0.39, 0.29) is 0 Å². The summed E-state index contributed by atoms with van der Waals surface area (Å²) >= 11 is 1.79. The van der Waals surface area contributed by atoms with E-state index in [1.807, 2.05) is 7.05 Å². The normalized spacial score (nSPS) is 10.7. The molecule has 3 heteroatoms. The first-order valence-electron chi connectivity index (χ1n) is 6.21. The number of benzene rings is 1. The molecule has 0 aliphatic rings. The van der Waals surface area contributed by atoms with E-state index in [4.69, 9.17) is 4.74 Å². The van der Waals surface area contributed by atoms with E-state index in [0.717, 1.165) is 19.6 Å². The van der Waals surface area contributed by atoms with Gasteiger partial charge in [-0.1, -0.05) is 30.3 Å². The van der Waals surface area contributed by atoms with Crippen molar-refractivity contribution in [2.45, 2.75) is 19.6 Å². The molecule has 1 heterocycles. The lowest BCUT2D eigenvalue weighted by molar-refractivity contribution is 0.123. The molecule has 0 saturated carbocycles. The number of hydrogen-bond acceptors (Lipinski definition) is 3. The standard InChI is InChI=1S/C15H19NOS/c1-16-11-13-5-2-3-6-14(13)12-17-9-8-15-7-4-10-18-15/h2-7,10,16H,8-9,11-12H2,1H3. The zero-order chi connectivity index (χ0) is 12.6. The van der Waals surface area contributed by atoms with Crippen LogP contribution in [0.3, 0.4) is 0 Å². The van der Waals surface area contributed by atoms with Crippen molar-refractivity contribution in [3.8, 4) is 0 Å². The van der Waals surface area contributed by atoms with Crippen LogP contribution in [-0.4, -0.2) is 13.7 Å². The zero-order valence-corrected chi connectivity index (χ0v) is 11.5. The molecule has 2 rings (SSSR count). The van der Waals surface area contributed by atoms with Gasteiger partial charge in [0.1, 0.15) is 0 Å². The van der Waals surface area contributed by atoms with Gasteiger partial charge in [0.05, 0.1) is 13.2 Å². The first-order chi connectivity index (χ1) is 8.90. The summed E-state index contributed by atoms with van der Waals surface area (Å²) in [4.78, 5) is 1.39. The third-order valence-corrected chi connectivity index (χ3v) is 3.75. The van der Waals surface area contributed by atoms with E-state index in [9.17, 15) is 0 Å². The van der Waals surface area contributed by atoms with Crippen LogP contribution < -0.4 is 5.32 Å². The molecular weight excluding hydrogens is 242 g/mol. The highest BCUT2D eigenvalue weighted by Gasteiger charge is 2.01. The van der Waals surface area contributed by atoms with E-state index in [1.165, 1.54) is 16.0 Å². The lowest BCUT2D eigenvalue weighted by atomic mass is 10.1. The molecule has 1 aromatic carbocycles. The van der Waals surface area contributed by atoms with Crippen molar-refractivity contribution in [2.75, 3.05) is 13.7 Å². The molecule has 1 N–H and O–H groups in total. The van der Waals surface area contributed by atoms with E-state index in [2.05, 4.69) is 47.1 Å². The van der Waals surface area contributed by atoms with Gasteiger partial charge < -0.3 is 10.1 Å². The highest BCUT2D eigenvalue weighted by molar-refractivity contribution is 7.09. The average Bonchev–Trinajstić information content (AvgIpc) is 2.90. The van der Waals surface area contributed by atoms with Gasteiger partial charge in [-0.2, -0.15) is 0 Å². The Hall–Kier alpha value is -1.16. The highest BCUT2D eigenvalue weighted by Crippen LogP contribution is 2.12. The molecule has 0 atom stereocenters. The summed E-state index contributed by atoms with van der Waals surface area (Å²) in [5.74, 6) is 0. The Morgan fingerprint density at radius 3 is 2.67 bits per heavy atom. The third-order valence-electron chi connectivity index (χ3n) is 2.82. The third kappa shape index (κ3) is 3.95. The molecule has 0 saturated heterocycles. The quantitative estimate of drug-likeness (QED) is 0.773.